The third-order valence-corrected chi connectivity index (χ3v) is 2.65. The molecule has 0 aliphatic heterocycles. The van der Waals surface area contributed by atoms with E-state index in [4.69, 9.17) is 15.2 Å². The molecule has 3 N–H and O–H groups in total. The summed E-state index contributed by atoms with van der Waals surface area (Å²) < 4.78 is 10.1. The minimum Gasteiger partial charge on any atom is -0.461 e. The number of alkyl carbamates (subject to hydrolysis) is 1. The monoisotopic (exact) mass is 322 g/mol. The zero-order valence-corrected chi connectivity index (χ0v) is 13.5. The van der Waals surface area contributed by atoms with Crippen molar-refractivity contribution in [1.29, 1.82) is 0 Å². The summed E-state index contributed by atoms with van der Waals surface area (Å²) in [6.45, 7) is 5.12. The number of carbonyl (C=O) groups is 3. The third kappa shape index (κ3) is 7.85. The predicted molar refractivity (Wildman–Crippen MR) is 83.2 cm³/mol. The molecule has 23 heavy (non-hydrogen) atoms. The molecule has 1 aromatic carbocycles. The van der Waals surface area contributed by atoms with Gasteiger partial charge in [0.15, 0.2) is 0 Å². The van der Waals surface area contributed by atoms with Gasteiger partial charge in [-0.1, -0.05) is 30.3 Å². The first kappa shape index (κ1) is 18.5. The van der Waals surface area contributed by atoms with Crippen LogP contribution in [-0.2, 0) is 25.7 Å². The highest BCUT2D eigenvalue weighted by molar-refractivity contribution is 5.88. The predicted octanol–water partition coefficient (Wildman–Crippen LogP) is 1.50. The molecule has 0 saturated heterocycles. The summed E-state index contributed by atoms with van der Waals surface area (Å²) >= 11 is 0. The Morgan fingerprint density at radius 3 is 2.30 bits per heavy atom. The Morgan fingerprint density at radius 2 is 1.78 bits per heavy atom. The lowest BCUT2D eigenvalue weighted by atomic mass is 10.2. The minimum atomic E-state index is -1.19. The third-order valence-electron chi connectivity index (χ3n) is 2.65. The zero-order chi connectivity index (χ0) is 17.5. The molecule has 2 amide bonds. The van der Waals surface area contributed by atoms with Crippen molar-refractivity contribution in [2.24, 2.45) is 5.73 Å². The second-order valence-corrected chi connectivity index (χ2v) is 5.95. The number of esters is 1. The molecule has 0 aliphatic rings. The summed E-state index contributed by atoms with van der Waals surface area (Å²) in [6.07, 6.45) is -1.18. The van der Waals surface area contributed by atoms with E-state index >= 15 is 0 Å². The summed E-state index contributed by atoms with van der Waals surface area (Å²) in [6, 6.07) is 7.90. The van der Waals surface area contributed by atoms with Crippen LogP contribution in [0.3, 0.4) is 0 Å². The van der Waals surface area contributed by atoms with Crippen LogP contribution in [-0.4, -0.2) is 29.6 Å². The molecule has 0 aromatic heterocycles. The molecule has 0 unspecified atom stereocenters. The van der Waals surface area contributed by atoms with Gasteiger partial charge in [-0.25, -0.2) is 4.79 Å². The second kappa shape index (κ2) is 8.17. The lowest BCUT2D eigenvalue weighted by Gasteiger charge is -2.22. The fourth-order valence-electron chi connectivity index (χ4n) is 1.64. The van der Waals surface area contributed by atoms with E-state index in [-0.39, 0.29) is 13.0 Å². The van der Waals surface area contributed by atoms with E-state index in [9.17, 15) is 14.4 Å². The van der Waals surface area contributed by atoms with Crippen molar-refractivity contribution >= 4 is 18.0 Å². The van der Waals surface area contributed by atoms with Crippen molar-refractivity contribution < 1.29 is 23.9 Å². The first-order chi connectivity index (χ1) is 10.7. The summed E-state index contributed by atoms with van der Waals surface area (Å²) in [4.78, 5) is 34.8. The van der Waals surface area contributed by atoms with E-state index in [1.165, 1.54) is 0 Å². The molecule has 0 spiro atoms. The van der Waals surface area contributed by atoms with Crippen molar-refractivity contribution in [3.05, 3.63) is 35.9 Å². The lowest BCUT2D eigenvalue weighted by molar-refractivity contribution is -0.146. The van der Waals surface area contributed by atoms with Gasteiger partial charge in [0.25, 0.3) is 0 Å². The van der Waals surface area contributed by atoms with Crippen molar-refractivity contribution in [3.63, 3.8) is 0 Å². The van der Waals surface area contributed by atoms with E-state index in [0.717, 1.165) is 5.56 Å². The van der Waals surface area contributed by atoms with Crippen LogP contribution >= 0.6 is 0 Å². The number of nitrogens with one attached hydrogen (secondary N) is 1. The Bertz CT molecular complexity index is 551. The first-order valence-electron chi connectivity index (χ1n) is 7.16. The first-order valence-corrected chi connectivity index (χ1v) is 7.16. The van der Waals surface area contributed by atoms with E-state index in [1.807, 2.05) is 18.2 Å². The molecule has 7 heteroatoms. The number of nitrogens with two attached hydrogens (primary N) is 1. The van der Waals surface area contributed by atoms with Crippen LogP contribution in [0.2, 0.25) is 0 Å². The SMILES string of the molecule is CC(C)(C)OC(=O)N[C@@H](CC(=O)OCc1ccccc1)C(N)=O. The highest BCUT2D eigenvalue weighted by atomic mass is 16.6. The van der Waals surface area contributed by atoms with Gasteiger partial charge in [0.1, 0.15) is 18.2 Å². The molecule has 1 aromatic rings. The van der Waals surface area contributed by atoms with Crippen LogP contribution in [0.25, 0.3) is 0 Å². The highest BCUT2D eigenvalue weighted by Crippen LogP contribution is 2.08. The number of benzene rings is 1. The Kier molecular flexibility index (Phi) is 6.56. The maximum absolute atomic E-state index is 11.8. The number of carbonyl (C=O) groups excluding carboxylic acids is 3. The lowest BCUT2D eigenvalue weighted by Crippen LogP contribution is -2.47. The maximum Gasteiger partial charge on any atom is 0.408 e. The summed E-state index contributed by atoms with van der Waals surface area (Å²) in [5, 5.41) is 2.27. The van der Waals surface area contributed by atoms with Gasteiger partial charge >= 0.3 is 12.1 Å². The van der Waals surface area contributed by atoms with Gasteiger partial charge in [0.05, 0.1) is 6.42 Å². The average molecular weight is 322 g/mol. The van der Waals surface area contributed by atoms with Crippen molar-refractivity contribution in [3.8, 4) is 0 Å². The molecule has 1 rings (SSSR count). The number of amides is 2. The van der Waals surface area contributed by atoms with Gasteiger partial charge in [-0.15, -0.1) is 0 Å². The number of ether oxygens (including phenoxy) is 2. The van der Waals surface area contributed by atoms with Crippen molar-refractivity contribution in [2.45, 2.75) is 45.4 Å². The van der Waals surface area contributed by atoms with Crippen LogP contribution < -0.4 is 11.1 Å². The largest absolute Gasteiger partial charge is 0.461 e. The number of hydrogen-bond acceptors (Lipinski definition) is 5. The quantitative estimate of drug-likeness (QED) is 0.772. The Balaban J connectivity index is 2.50. The molecule has 0 fully saturated rings. The molecule has 0 saturated carbocycles. The average Bonchev–Trinajstić information content (AvgIpc) is 2.43. The highest BCUT2D eigenvalue weighted by Gasteiger charge is 2.25. The van der Waals surface area contributed by atoms with Crippen LogP contribution in [0.5, 0.6) is 0 Å². The van der Waals surface area contributed by atoms with Crippen LogP contribution in [0.1, 0.15) is 32.8 Å². The molecule has 1 atom stereocenters. The number of primary amides is 1. The van der Waals surface area contributed by atoms with E-state index in [1.54, 1.807) is 32.9 Å². The van der Waals surface area contributed by atoms with E-state index < -0.39 is 29.6 Å². The van der Waals surface area contributed by atoms with Gasteiger partial charge in [0.2, 0.25) is 5.91 Å². The molecule has 0 aliphatic carbocycles. The van der Waals surface area contributed by atoms with Gasteiger partial charge in [0, 0.05) is 0 Å². The summed E-state index contributed by atoms with van der Waals surface area (Å²) in [7, 11) is 0. The molecule has 126 valence electrons. The van der Waals surface area contributed by atoms with E-state index in [0.29, 0.717) is 0 Å². The van der Waals surface area contributed by atoms with Gasteiger partial charge < -0.3 is 20.5 Å². The molecule has 0 bridgehead atoms. The smallest absolute Gasteiger partial charge is 0.408 e. The maximum atomic E-state index is 11.8. The number of rotatable bonds is 6. The summed E-state index contributed by atoms with van der Waals surface area (Å²) in [5.74, 6) is -1.48. The molecule has 0 radical (unpaired) electrons. The van der Waals surface area contributed by atoms with Crippen molar-refractivity contribution in [1.82, 2.24) is 5.32 Å². The molecular formula is C16H22N2O5. The van der Waals surface area contributed by atoms with Crippen LogP contribution in [0, 0.1) is 0 Å². The standard InChI is InChI=1S/C16H22N2O5/c1-16(2,3)23-15(21)18-12(14(17)20)9-13(19)22-10-11-7-5-4-6-8-11/h4-8,12H,9-10H2,1-3H3,(H2,17,20)(H,18,21)/t12-/m0/s1. The fourth-order valence-corrected chi connectivity index (χ4v) is 1.64. The van der Waals surface area contributed by atoms with Gasteiger partial charge in [-0.3, -0.25) is 9.59 Å². The molecular weight excluding hydrogens is 300 g/mol. The Morgan fingerprint density at radius 1 is 1.17 bits per heavy atom. The zero-order valence-electron chi connectivity index (χ0n) is 13.5. The minimum absolute atomic E-state index is 0.0809. The van der Waals surface area contributed by atoms with Crippen LogP contribution in [0.4, 0.5) is 4.79 Å². The summed E-state index contributed by atoms with van der Waals surface area (Å²) in [5.41, 5.74) is 5.28. The van der Waals surface area contributed by atoms with E-state index in [2.05, 4.69) is 5.32 Å². The van der Waals surface area contributed by atoms with Gasteiger partial charge in [-0.2, -0.15) is 0 Å². The Hall–Kier alpha value is -2.57. The number of hydrogen-bond donors (Lipinski definition) is 2. The van der Waals surface area contributed by atoms with Crippen molar-refractivity contribution in [2.75, 3.05) is 0 Å². The molecule has 7 nitrogen and oxygen atoms in total. The molecule has 0 heterocycles. The normalized spacial score (nSPS) is 12.1. The second-order valence-electron chi connectivity index (χ2n) is 5.95. The fraction of sp³-hybridized carbons (Fsp3) is 0.438. The van der Waals surface area contributed by atoms with Crippen LogP contribution in [0.15, 0.2) is 30.3 Å². The van der Waals surface area contributed by atoms with Gasteiger partial charge in [-0.05, 0) is 26.3 Å². The Labute approximate surface area is 135 Å². The topological polar surface area (TPSA) is 108 Å².